The van der Waals surface area contributed by atoms with Crippen molar-refractivity contribution in [2.24, 2.45) is 0 Å². The van der Waals surface area contributed by atoms with Gasteiger partial charge in [-0.1, -0.05) is 91.0 Å². The van der Waals surface area contributed by atoms with Crippen molar-refractivity contribution in [2.75, 3.05) is 37.0 Å². The number of halogens is 1. The van der Waals surface area contributed by atoms with Gasteiger partial charge in [-0.15, -0.1) is 21.9 Å². The second kappa shape index (κ2) is 36.8. The number of hydrogen-bond acceptors (Lipinski definition) is 2. The molecule has 0 atom stereocenters. The number of carbonyl (C=O) groups is 1. The van der Waals surface area contributed by atoms with Crippen LogP contribution in [0, 0.1) is 12.3 Å². The van der Waals surface area contributed by atoms with Crippen LogP contribution in [0.15, 0.2) is 12.1 Å². The third-order valence-corrected chi connectivity index (χ3v) is 12.5. The molecule has 0 radical (unpaired) electrons. The zero-order chi connectivity index (χ0) is 28.6. The Bertz CT molecular complexity index is 544. The van der Waals surface area contributed by atoms with E-state index in [2.05, 4.69) is 56.9 Å². The molecule has 0 unspecified atom stereocenters. The number of hydrogen-bond donors (Lipinski definition) is 0. The fraction of sp³-hybridized carbons (Fsp3) is 0.774. The molecular weight excluding hydrogens is 713 g/mol. The Balaban J connectivity index is -0.000000459. The second-order valence-electron chi connectivity index (χ2n) is 9.25. The molecule has 1 nitrogen and oxygen atoms in total. The predicted octanol–water partition coefficient (Wildman–Crippen LogP) is 11.9. The minimum absolute atomic E-state index is 0.422. The van der Waals surface area contributed by atoms with Gasteiger partial charge in [-0.2, -0.15) is 0 Å². The van der Waals surface area contributed by atoms with Gasteiger partial charge in [-0.05, 0) is 75.5 Å². The summed E-state index contributed by atoms with van der Waals surface area (Å²) in [6, 6.07) is 3.37. The van der Waals surface area contributed by atoms with Crippen LogP contribution in [0.1, 0.15) is 133 Å². The summed E-state index contributed by atoms with van der Waals surface area (Å²) in [5.74, 6) is 2.19. The molecule has 0 fully saturated rings. The minimum atomic E-state index is 0.422. The van der Waals surface area contributed by atoms with Gasteiger partial charge >= 0.3 is 28.2 Å². The van der Waals surface area contributed by atoms with Gasteiger partial charge in [0.1, 0.15) is 0 Å². The zero-order valence-corrected chi connectivity index (χ0v) is 30.5. The molecule has 0 bridgehead atoms. The quantitative estimate of drug-likeness (QED) is 0.0593. The molecule has 0 saturated heterocycles. The summed E-state index contributed by atoms with van der Waals surface area (Å²) >= 11 is 2.88. The van der Waals surface area contributed by atoms with Gasteiger partial charge in [-0.25, -0.2) is 11.3 Å². The zero-order valence-electron chi connectivity index (χ0n) is 24.9. The number of aldehydes is 1. The van der Waals surface area contributed by atoms with Crippen molar-refractivity contribution in [3.8, 4) is 5.92 Å². The number of rotatable bonds is 19. The van der Waals surface area contributed by atoms with Gasteiger partial charge in [0.15, 0.2) is 6.29 Å². The molecule has 0 aliphatic heterocycles. The molecule has 0 spiro atoms. The van der Waals surface area contributed by atoms with E-state index in [0.717, 1.165) is 6.29 Å². The molecule has 0 aliphatic carbocycles. The van der Waals surface area contributed by atoms with Crippen LogP contribution in [0.2, 0.25) is 0 Å². The van der Waals surface area contributed by atoms with Crippen molar-refractivity contribution in [2.45, 2.75) is 119 Å². The fourth-order valence-corrected chi connectivity index (χ4v) is 9.99. The third kappa shape index (κ3) is 31.2. The molecule has 0 saturated carbocycles. The molecule has 6 heteroatoms. The van der Waals surface area contributed by atoms with Gasteiger partial charge in [0.25, 0.3) is 0 Å². The number of thiophene rings is 1. The van der Waals surface area contributed by atoms with Gasteiger partial charge in [-0.3, -0.25) is 10.7 Å². The molecule has 1 aromatic rings. The summed E-state index contributed by atoms with van der Waals surface area (Å²) in [7, 11) is 5.45. The van der Waals surface area contributed by atoms with E-state index in [4.69, 9.17) is 6.42 Å². The Labute approximate surface area is 254 Å². The Morgan fingerprint density at radius 1 is 0.703 bits per heavy atom. The number of carbonyl (C=O) groups excluding carboxylic acids is 1. The molecule has 220 valence electrons. The summed E-state index contributed by atoms with van der Waals surface area (Å²) in [5, 5.41) is 0. The maximum absolute atomic E-state index is 10.1. The van der Waals surface area contributed by atoms with Gasteiger partial charge in [0.05, 0.1) is 0 Å². The molecule has 0 amide bonds. The fourth-order valence-electron chi connectivity index (χ4n) is 3.44. The van der Waals surface area contributed by atoms with E-state index in [-0.39, 0.29) is 0 Å². The molecule has 0 aromatic carbocycles. The molecule has 37 heavy (non-hydrogen) atoms. The van der Waals surface area contributed by atoms with E-state index in [0.29, 0.717) is 25.6 Å². The first kappa shape index (κ1) is 42.2. The van der Waals surface area contributed by atoms with Crippen molar-refractivity contribution in [3.63, 3.8) is 0 Å². The molecule has 1 aromatic heterocycles. The average Bonchev–Trinajstić information content (AvgIpc) is 3.42. The van der Waals surface area contributed by atoms with Crippen LogP contribution in [0.4, 0.5) is 0 Å². The van der Waals surface area contributed by atoms with Crippen molar-refractivity contribution >= 4 is 42.9 Å². The van der Waals surface area contributed by atoms with Crippen molar-refractivity contribution < 1.29 is 23.6 Å². The summed E-state index contributed by atoms with van der Waals surface area (Å²) in [6.07, 6.45) is 33.9. The van der Waals surface area contributed by atoms with E-state index in [1.165, 1.54) is 88.4 Å². The summed E-state index contributed by atoms with van der Waals surface area (Å²) in [4.78, 5) is 11.4. The molecule has 1 rings (SSSR count). The van der Waals surface area contributed by atoms with Gasteiger partial charge in [0, 0.05) is 4.88 Å². The van der Waals surface area contributed by atoms with Crippen LogP contribution in [0.5, 0.6) is 0 Å². The van der Waals surface area contributed by atoms with Crippen LogP contribution >= 0.6 is 36.6 Å². The second-order valence-corrected chi connectivity index (χ2v) is 15.7. The van der Waals surface area contributed by atoms with Gasteiger partial charge < -0.3 is 6.42 Å². The van der Waals surface area contributed by atoms with Crippen molar-refractivity contribution in [1.29, 1.82) is 0 Å². The summed E-state index contributed by atoms with van der Waals surface area (Å²) in [5.41, 5.74) is 0. The Morgan fingerprint density at radius 2 is 1.00 bits per heavy atom. The standard InChI is InChI=1S/2C12H27P.C7H3OS.ClH.Pt/c2*1-4-7-10-13(11-8-5-2)12-9-6-3;1-2-6-3-4-7(5-8)9-6;;/h2*4-12H2,1-3H3;3-5H;1H;/q;;-1;;+2/p-1. The molecule has 0 aliphatic rings. The van der Waals surface area contributed by atoms with E-state index in [1.54, 1.807) is 67.9 Å². The van der Waals surface area contributed by atoms with Crippen LogP contribution < -0.4 is 0 Å². The van der Waals surface area contributed by atoms with Crippen molar-refractivity contribution in [1.82, 2.24) is 0 Å². The molecule has 1 heterocycles. The summed E-state index contributed by atoms with van der Waals surface area (Å²) in [6.45, 7) is 13.9. The first-order valence-electron chi connectivity index (χ1n) is 14.6. The first-order chi connectivity index (χ1) is 18.1. The summed E-state index contributed by atoms with van der Waals surface area (Å²) < 4.78 is 0. The van der Waals surface area contributed by atoms with Crippen molar-refractivity contribution in [3.05, 3.63) is 28.3 Å². The number of unbranched alkanes of at least 4 members (excludes halogenated alkanes) is 6. The SMILES string of the molecule is CCCCP(CCCC)CCCC.CCCCP(CCCC)CCCC.[C-]#Cc1ccc(C=O)s1.[Cl][Pt+]. The van der Waals surface area contributed by atoms with Gasteiger partial charge in [0.2, 0.25) is 0 Å². The Morgan fingerprint density at radius 3 is 1.16 bits per heavy atom. The van der Waals surface area contributed by atoms with Crippen LogP contribution in [0.3, 0.4) is 0 Å². The Kier molecular flexibility index (Phi) is 42.0. The van der Waals surface area contributed by atoms with Crippen LogP contribution in [-0.2, 0) is 18.8 Å². The van der Waals surface area contributed by atoms with E-state index < -0.39 is 0 Å². The van der Waals surface area contributed by atoms with E-state index >= 15 is 0 Å². The molecular formula is C31H57ClOP2PtS. The topological polar surface area (TPSA) is 17.1 Å². The van der Waals surface area contributed by atoms with E-state index in [9.17, 15) is 4.79 Å². The predicted molar refractivity (Wildman–Crippen MR) is 174 cm³/mol. The molecule has 0 N–H and O–H groups in total. The monoisotopic (exact) mass is 769 g/mol. The third-order valence-electron chi connectivity index (χ3n) is 5.83. The van der Waals surface area contributed by atoms with Crippen LogP contribution in [0.25, 0.3) is 0 Å². The maximum atomic E-state index is 10.1. The first-order valence-corrected chi connectivity index (χ1v) is 22.0. The Hall–Kier alpha value is 0.768. The average molecular weight is 770 g/mol. The van der Waals surface area contributed by atoms with Crippen LogP contribution in [-0.4, -0.2) is 43.3 Å². The van der Waals surface area contributed by atoms with E-state index in [1.807, 2.05) is 0 Å². The normalized spacial score (nSPS) is 10.0.